The van der Waals surface area contributed by atoms with Gasteiger partial charge >= 0.3 is 0 Å². The molecule has 3 amide bonds. The molecule has 3 aliphatic rings. The van der Waals surface area contributed by atoms with Crippen molar-refractivity contribution in [1.82, 2.24) is 9.80 Å². The van der Waals surface area contributed by atoms with Crippen molar-refractivity contribution < 1.29 is 24.2 Å². The second-order valence-corrected chi connectivity index (χ2v) is 11.3. The molecule has 212 valence electrons. The molecule has 2 bridgehead atoms. The van der Waals surface area contributed by atoms with Gasteiger partial charge in [-0.15, -0.1) is 13.2 Å². The summed E-state index contributed by atoms with van der Waals surface area (Å²) >= 11 is 0. The number of amides is 3. The van der Waals surface area contributed by atoms with Gasteiger partial charge in [0, 0.05) is 39.0 Å². The van der Waals surface area contributed by atoms with Crippen LogP contribution in [0.5, 0.6) is 0 Å². The topological polar surface area (TPSA) is 90.4 Å². The molecule has 3 fully saturated rings. The molecule has 3 aliphatic heterocycles. The average Bonchev–Trinajstić information content (AvgIpc) is 3.52. The van der Waals surface area contributed by atoms with Crippen LogP contribution in [0, 0.1) is 25.7 Å². The predicted molar refractivity (Wildman–Crippen MR) is 151 cm³/mol. The molecule has 8 nitrogen and oxygen atoms in total. The smallest absolute Gasteiger partial charge is 0.253 e. The minimum absolute atomic E-state index is 0.00317. The maximum Gasteiger partial charge on any atom is 0.253 e. The monoisotopic (exact) mass is 537 g/mol. The van der Waals surface area contributed by atoms with Crippen LogP contribution >= 0.6 is 0 Å². The van der Waals surface area contributed by atoms with E-state index in [1.165, 1.54) is 0 Å². The summed E-state index contributed by atoms with van der Waals surface area (Å²) in [6.07, 6.45) is 6.16. The molecule has 0 saturated carbocycles. The van der Waals surface area contributed by atoms with Crippen LogP contribution in [-0.4, -0.2) is 83.2 Å². The highest BCUT2D eigenvalue weighted by Crippen LogP contribution is 2.64. The van der Waals surface area contributed by atoms with E-state index in [1.807, 2.05) is 39.0 Å². The highest BCUT2D eigenvalue weighted by atomic mass is 16.5. The van der Waals surface area contributed by atoms with Crippen LogP contribution in [0.15, 0.2) is 43.5 Å². The van der Waals surface area contributed by atoms with Crippen molar-refractivity contribution in [2.45, 2.75) is 70.1 Å². The third-order valence-corrected chi connectivity index (χ3v) is 9.00. The number of rotatable bonds is 12. The maximum atomic E-state index is 14.7. The third kappa shape index (κ3) is 4.61. The first-order chi connectivity index (χ1) is 18.6. The molecule has 5 atom stereocenters. The SMILES string of the molecule is C=CCN(C)C(=O)[C@@H]1[C@H]2C(=O)N(CCCCO)C(C(=O)N(CC=C)c3cc(C)ccc3C)C23CC[C@@]1(CC)O3. The summed E-state index contributed by atoms with van der Waals surface area (Å²) in [5.41, 5.74) is 0.871. The Labute approximate surface area is 232 Å². The van der Waals surface area contributed by atoms with Crippen molar-refractivity contribution in [3.8, 4) is 0 Å². The van der Waals surface area contributed by atoms with Gasteiger partial charge in [-0.1, -0.05) is 31.2 Å². The molecule has 0 radical (unpaired) electrons. The lowest BCUT2D eigenvalue weighted by Gasteiger charge is -2.37. The second-order valence-electron chi connectivity index (χ2n) is 11.3. The van der Waals surface area contributed by atoms with Crippen LogP contribution in [0.2, 0.25) is 0 Å². The van der Waals surface area contributed by atoms with E-state index in [0.29, 0.717) is 45.2 Å². The molecule has 39 heavy (non-hydrogen) atoms. The lowest BCUT2D eigenvalue weighted by molar-refractivity contribution is -0.150. The zero-order chi connectivity index (χ0) is 28.5. The van der Waals surface area contributed by atoms with Gasteiger partial charge in [-0.2, -0.15) is 0 Å². The van der Waals surface area contributed by atoms with Crippen LogP contribution in [0.4, 0.5) is 5.69 Å². The maximum absolute atomic E-state index is 14.7. The number of likely N-dealkylation sites (tertiary alicyclic amines) is 1. The van der Waals surface area contributed by atoms with Gasteiger partial charge in [-0.05, 0) is 63.1 Å². The fraction of sp³-hybridized carbons (Fsp3) is 0.581. The Morgan fingerprint density at radius 3 is 2.51 bits per heavy atom. The van der Waals surface area contributed by atoms with Gasteiger partial charge in [0.15, 0.2) is 0 Å². The average molecular weight is 538 g/mol. The lowest BCUT2D eigenvalue weighted by Crippen LogP contribution is -2.56. The number of anilines is 1. The fourth-order valence-corrected chi connectivity index (χ4v) is 7.12. The minimum atomic E-state index is -1.09. The van der Waals surface area contributed by atoms with Crippen molar-refractivity contribution in [1.29, 1.82) is 0 Å². The van der Waals surface area contributed by atoms with Gasteiger partial charge in [0.05, 0.1) is 17.4 Å². The summed E-state index contributed by atoms with van der Waals surface area (Å²) in [4.78, 5) is 47.7. The van der Waals surface area contributed by atoms with Gasteiger partial charge in [0.2, 0.25) is 11.8 Å². The van der Waals surface area contributed by atoms with Crippen molar-refractivity contribution >= 4 is 23.4 Å². The van der Waals surface area contributed by atoms with E-state index in [-0.39, 0.29) is 30.9 Å². The molecular formula is C31H43N3O5. The van der Waals surface area contributed by atoms with Crippen molar-refractivity contribution in [2.75, 3.05) is 38.2 Å². The van der Waals surface area contributed by atoms with Crippen molar-refractivity contribution in [3.63, 3.8) is 0 Å². The first kappa shape index (κ1) is 29.0. The first-order valence-corrected chi connectivity index (χ1v) is 14.1. The van der Waals surface area contributed by atoms with Gasteiger partial charge in [0.25, 0.3) is 5.91 Å². The lowest BCUT2D eigenvalue weighted by atomic mass is 9.64. The number of unbranched alkanes of at least 4 members (excludes halogenated alkanes) is 1. The number of aliphatic hydroxyl groups is 1. The zero-order valence-corrected chi connectivity index (χ0v) is 23.8. The summed E-state index contributed by atoms with van der Waals surface area (Å²) in [5, 5.41) is 9.43. The molecule has 3 saturated heterocycles. The number of likely N-dealkylation sites (N-methyl/N-ethyl adjacent to an activating group) is 1. The highest BCUT2D eigenvalue weighted by Gasteiger charge is 2.78. The molecule has 0 aliphatic carbocycles. The molecule has 8 heteroatoms. The van der Waals surface area contributed by atoms with Gasteiger partial charge < -0.3 is 24.5 Å². The number of hydrogen-bond acceptors (Lipinski definition) is 5. The summed E-state index contributed by atoms with van der Waals surface area (Å²) in [5.74, 6) is -1.97. The number of nitrogens with zero attached hydrogens (tertiary/aromatic N) is 3. The number of fused-ring (bicyclic) bond motifs is 1. The Hall–Kier alpha value is -2.97. The molecule has 3 heterocycles. The van der Waals surface area contributed by atoms with Gasteiger partial charge in [-0.3, -0.25) is 14.4 Å². The van der Waals surface area contributed by atoms with E-state index in [0.717, 1.165) is 16.8 Å². The standard InChI is InChI=1S/C31H43N3O5/c1-7-16-32(6)27(36)24-25-28(37)34(18-10-11-19-35)26(31(25)15-14-30(24,9-3)39-31)29(38)33(17-8-2)23-20-21(4)12-13-22(23)5/h7-8,12-13,20,24-26,35H,1-2,9-11,14-19H2,3-6H3/t24-,25-,26?,30+,31?/m0/s1. The van der Waals surface area contributed by atoms with Crippen LogP contribution in [0.3, 0.4) is 0 Å². The Balaban J connectivity index is 1.83. The molecular weight excluding hydrogens is 494 g/mol. The number of hydrogen-bond donors (Lipinski definition) is 1. The number of aliphatic hydroxyl groups excluding tert-OH is 1. The molecule has 1 aromatic carbocycles. The van der Waals surface area contributed by atoms with Gasteiger partial charge in [0.1, 0.15) is 11.6 Å². The minimum Gasteiger partial charge on any atom is -0.396 e. The second kappa shape index (κ2) is 11.3. The van der Waals surface area contributed by atoms with Crippen LogP contribution in [0.25, 0.3) is 0 Å². The normalized spacial score (nSPS) is 28.9. The molecule has 4 rings (SSSR count). The van der Waals surface area contributed by atoms with Crippen molar-refractivity contribution in [3.05, 3.63) is 54.6 Å². The van der Waals surface area contributed by atoms with E-state index in [2.05, 4.69) is 13.2 Å². The predicted octanol–water partition coefficient (Wildman–Crippen LogP) is 3.39. The number of carbonyl (C=O) groups is 3. The Bertz CT molecular complexity index is 1150. The Morgan fingerprint density at radius 2 is 1.87 bits per heavy atom. The van der Waals surface area contributed by atoms with Crippen LogP contribution in [0.1, 0.15) is 50.2 Å². The molecule has 2 unspecified atom stereocenters. The van der Waals surface area contributed by atoms with Gasteiger partial charge in [-0.25, -0.2) is 0 Å². The summed E-state index contributed by atoms with van der Waals surface area (Å²) < 4.78 is 6.88. The third-order valence-electron chi connectivity index (χ3n) is 9.00. The summed E-state index contributed by atoms with van der Waals surface area (Å²) in [6.45, 7) is 14.6. The largest absolute Gasteiger partial charge is 0.396 e. The van der Waals surface area contributed by atoms with E-state index in [4.69, 9.17) is 4.74 Å². The fourth-order valence-electron chi connectivity index (χ4n) is 7.12. The number of ether oxygens (including phenoxy) is 1. The molecule has 1 aromatic rings. The summed E-state index contributed by atoms with van der Waals surface area (Å²) in [7, 11) is 1.72. The zero-order valence-electron chi connectivity index (χ0n) is 23.8. The van der Waals surface area contributed by atoms with Crippen LogP contribution < -0.4 is 4.90 Å². The van der Waals surface area contributed by atoms with E-state index in [9.17, 15) is 19.5 Å². The Kier molecular flexibility index (Phi) is 8.38. The first-order valence-electron chi connectivity index (χ1n) is 14.1. The van der Waals surface area contributed by atoms with E-state index < -0.39 is 29.1 Å². The van der Waals surface area contributed by atoms with Crippen molar-refractivity contribution in [2.24, 2.45) is 11.8 Å². The molecule has 1 N–H and O–H groups in total. The van der Waals surface area contributed by atoms with E-state index >= 15 is 0 Å². The number of benzene rings is 1. The molecule has 1 spiro atoms. The number of carbonyl (C=O) groups excluding carboxylic acids is 3. The summed E-state index contributed by atoms with van der Waals surface area (Å²) in [6, 6.07) is 5.11. The van der Waals surface area contributed by atoms with E-state index in [1.54, 1.807) is 33.9 Å². The quantitative estimate of drug-likeness (QED) is 0.326. The Morgan fingerprint density at radius 1 is 1.15 bits per heavy atom. The number of aryl methyl sites for hydroxylation is 2. The highest BCUT2D eigenvalue weighted by molar-refractivity contribution is 6.05. The van der Waals surface area contributed by atoms with Crippen LogP contribution in [-0.2, 0) is 19.1 Å². The molecule has 0 aromatic heterocycles.